The van der Waals surface area contributed by atoms with Crippen LogP contribution in [0.3, 0.4) is 0 Å². The molecule has 1 atom stereocenters. The van der Waals surface area contributed by atoms with E-state index in [1.54, 1.807) is 0 Å². The summed E-state index contributed by atoms with van der Waals surface area (Å²) < 4.78 is 1.98. The summed E-state index contributed by atoms with van der Waals surface area (Å²) in [6.07, 6.45) is 1.94. The van der Waals surface area contributed by atoms with Gasteiger partial charge >= 0.3 is 0 Å². The normalized spacial score (nSPS) is 12.1. The average molecular weight is 271 g/mol. The predicted molar refractivity (Wildman–Crippen MR) is 81.6 cm³/mol. The number of aromatic nitrogens is 1. The summed E-state index contributed by atoms with van der Waals surface area (Å²) in [6.45, 7) is 5.41. The highest BCUT2D eigenvalue weighted by Gasteiger charge is 2.11. The molecule has 20 heavy (non-hydrogen) atoms. The second-order valence-electron chi connectivity index (χ2n) is 4.75. The predicted octanol–water partition coefficient (Wildman–Crippen LogP) is 2.80. The quantitative estimate of drug-likeness (QED) is 0.848. The van der Waals surface area contributed by atoms with Crippen LogP contribution < -0.4 is 10.6 Å². The van der Waals surface area contributed by atoms with Crippen molar-refractivity contribution in [2.45, 2.75) is 26.4 Å². The van der Waals surface area contributed by atoms with E-state index in [2.05, 4.69) is 24.5 Å². The lowest BCUT2D eigenvalue weighted by Crippen LogP contribution is -2.24. The minimum atomic E-state index is -0.0163. The van der Waals surface area contributed by atoms with Crippen LogP contribution >= 0.6 is 0 Å². The highest BCUT2D eigenvalue weighted by Crippen LogP contribution is 2.13. The van der Waals surface area contributed by atoms with E-state index in [0.29, 0.717) is 6.54 Å². The number of hydrogen-bond donors (Lipinski definition) is 2. The number of amides is 1. The fourth-order valence-electron chi connectivity index (χ4n) is 2.25. The van der Waals surface area contributed by atoms with Crippen molar-refractivity contribution in [2.24, 2.45) is 0 Å². The van der Waals surface area contributed by atoms with Gasteiger partial charge in [-0.25, -0.2) is 0 Å². The van der Waals surface area contributed by atoms with Gasteiger partial charge in [-0.1, -0.05) is 25.1 Å². The lowest BCUT2D eigenvalue weighted by atomic mass is 10.2. The van der Waals surface area contributed by atoms with E-state index in [1.807, 2.05) is 53.2 Å². The molecule has 0 saturated carbocycles. The van der Waals surface area contributed by atoms with Gasteiger partial charge in [0.25, 0.3) is 0 Å². The van der Waals surface area contributed by atoms with Crippen molar-refractivity contribution in [1.29, 1.82) is 0 Å². The number of para-hydroxylation sites is 1. The molecule has 0 spiro atoms. The Kier molecular flexibility index (Phi) is 4.96. The Labute approximate surface area is 119 Å². The highest BCUT2D eigenvalue weighted by atomic mass is 16.1. The maximum absolute atomic E-state index is 12.1. The van der Waals surface area contributed by atoms with Crippen LogP contribution in [-0.2, 0) is 11.3 Å². The molecule has 0 aliphatic heterocycles. The van der Waals surface area contributed by atoms with E-state index in [-0.39, 0.29) is 11.9 Å². The number of nitrogens with zero attached hydrogens (tertiary/aromatic N) is 1. The highest BCUT2D eigenvalue weighted by molar-refractivity contribution is 5.90. The lowest BCUT2D eigenvalue weighted by Gasteiger charge is -2.16. The van der Waals surface area contributed by atoms with Gasteiger partial charge in [0.15, 0.2) is 0 Å². The molecule has 1 aromatic carbocycles. The maximum Gasteiger partial charge on any atom is 0.244 e. The van der Waals surface area contributed by atoms with Gasteiger partial charge in [-0.3, -0.25) is 4.79 Å². The first kappa shape index (κ1) is 14.3. The van der Waals surface area contributed by atoms with Gasteiger partial charge in [-0.15, -0.1) is 0 Å². The van der Waals surface area contributed by atoms with Crippen LogP contribution in [0.4, 0.5) is 5.69 Å². The molecule has 1 unspecified atom stereocenters. The van der Waals surface area contributed by atoms with Crippen molar-refractivity contribution in [2.75, 3.05) is 11.9 Å². The number of carbonyl (C=O) groups excluding carboxylic acids is 1. The average Bonchev–Trinajstić information content (AvgIpc) is 2.88. The largest absolute Gasteiger partial charge is 0.341 e. The molecule has 2 N–H and O–H groups in total. The molecule has 0 fully saturated rings. The zero-order valence-electron chi connectivity index (χ0n) is 12.0. The third-order valence-corrected chi connectivity index (χ3v) is 3.19. The molecular formula is C16H21N3O. The maximum atomic E-state index is 12.1. The van der Waals surface area contributed by atoms with Crippen molar-refractivity contribution < 1.29 is 4.79 Å². The Morgan fingerprint density at radius 3 is 2.65 bits per heavy atom. The first-order valence-electron chi connectivity index (χ1n) is 6.94. The van der Waals surface area contributed by atoms with Gasteiger partial charge in [-0.2, -0.15) is 0 Å². The molecule has 4 heteroatoms. The van der Waals surface area contributed by atoms with Crippen LogP contribution in [0, 0.1) is 0 Å². The number of nitrogens with one attached hydrogen (secondary N) is 2. The SMILES string of the molecule is CCNC(C)c1cccn1CC(=O)Nc1ccccc1. The van der Waals surface area contributed by atoms with Crippen LogP contribution in [0.25, 0.3) is 0 Å². The summed E-state index contributed by atoms with van der Waals surface area (Å²) in [5, 5.41) is 6.26. The van der Waals surface area contributed by atoms with Gasteiger partial charge in [0.1, 0.15) is 6.54 Å². The summed E-state index contributed by atoms with van der Waals surface area (Å²) in [4.78, 5) is 12.1. The molecule has 0 aliphatic rings. The van der Waals surface area contributed by atoms with Crippen LogP contribution in [-0.4, -0.2) is 17.0 Å². The molecular weight excluding hydrogens is 250 g/mol. The number of hydrogen-bond acceptors (Lipinski definition) is 2. The van der Waals surface area contributed by atoms with Crippen molar-refractivity contribution in [1.82, 2.24) is 9.88 Å². The summed E-state index contributed by atoms with van der Waals surface area (Å²) in [6, 6.07) is 13.8. The molecule has 1 aromatic heterocycles. The smallest absolute Gasteiger partial charge is 0.244 e. The van der Waals surface area contributed by atoms with Gasteiger partial charge in [0, 0.05) is 23.6 Å². The topological polar surface area (TPSA) is 46.1 Å². The van der Waals surface area contributed by atoms with Crippen LogP contribution in [0.1, 0.15) is 25.6 Å². The fourth-order valence-corrected chi connectivity index (χ4v) is 2.25. The first-order valence-corrected chi connectivity index (χ1v) is 6.94. The first-order chi connectivity index (χ1) is 9.70. The van der Waals surface area contributed by atoms with E-state index < -0.39 is 0 Å². The molecule has 2 rings (SSSR count). The third-order valence-electron chi connectivity index (χ3n) is 3.19. The Hall–Kier alpha value is -2.07. The lowest BCUT2D eigenvalue weighted by molar-refractivity contribution is -0.116. The molecule has 0 bridgehead atoms. The van der Waals surface area contributed by atoms with Crippen molar-refractivity contribution in [3.05, 3.63) is 54.4 Å². The number of anilines is 1. The van der Waals surface area contributed by atoms with Crippen molar-refractivity contribution in [3.63, 3.8) is 0 Å². The molecule has 0 aliphatic carbocycles. The van der Waals surface area contributed by atoms with Crippen molar-refractivity contribution >= 4 is 11.6 Å². The Balaban J connectivity index is 2.00. The molecule has 1 amide bonds. The monoisotopic (exact) mass is 271 g/mol. The standard InChI is InChI=1S/C16H21N3O/c1-3-17-13(2)15-10-7-11-19(15)12-16(20)18-14-8-5-4-6-9-14/h4-11,13,17H,3,12H2,1-2H3,(H,18,20). The fraction of sp³-hybridized carbons (Fsp3) is 0.312. The van der Waals surface area contributed by atoms with E-state index >= 15 is 0 Å². The van der Waals surface area contributed by atoms with E-state index in [1.165, 1.54) is 0 Å². The number of carbonyl (C=O) groups is 1. The molecule has 2 aromatic rings. The van der Waals surface area contributed by atoms with Gasteiger partial charge < -0.3 is 15.2 Å². The third kappa shape index (κ3) is 3.71. The van der Waals surface area contributed by atoms with E-state index in [0.717, 1.165) is 17.9 Å². The summed E-state index contributed by atoms with van der Waals surface area (Å²) in [5.41, 5.74) is 1.95. The summed E-state index contributed by atoms with van der Waals surface area (Å²) in [5.74, 6) is -0.0163. The number of rotatable bonds is 6. The summed E-state index contributed by atoms with van der Waals surface area (Å²) in [7, 11) is 0. The van der Waals surface area contributed by atoms with Gasteiger partial charge in [0.2, 0.25) is 5.91 Å². The van der Waals surface area contributed by atoms with Crippen LogP contribution in [0.2, 0.25) is 0 Å². The Morgan fingerprint density at radius 1 is 1.20 bits per heavy atom. The molecule has 4 nitrogen and oxygen atoms in total. The molecule has 106 valence electrons. The van der Waals surface area contributed by atoms with E-state index in [4.69, 9.17) is 0 Å². The molecule has 0 saturated heterocycles. The van der Waals surface area contributed by atoms with E-state index in [9.17, 15) is 4.79 Å². The zero-order chi connectivity index (χ0) is 14.4. The second kappa shape index (κ2) is 6.91. The molecule has 0 radical (unpaired) electrons. The van der Waals surface area contributed by atoms with Crippen LogP contribution in [0.15, 0.2) is 48.7 Å². The minimum absolute atomic E-state index is 0.0163. The number of benzene rings is 1. The van der Waals surface area contributed by atoms with Gasteiger partial charge in [0.05, 0.1) is 0 Å². The molecule has 1 heterocycles. The Morgan fingerprint density at radius 2 is 1.95 bits per heavy atom. The summed E-state index contributed by atoms with van der Waals surface area (Å²) >= 11 is 0. The second-order valence-corrected chi connectivity index (χ2v) is 4.75. The van der Waals surface area contributed by atoms with Crippen LogP contribution in [0.5, 0.6) is 0 Å². The van der Waals surface area contributed by atoms with Crippen molar-refractivity contribution in [3.8, 4) is 0 Å². The zero-order valence-corrected chi connectivity index (χ0v) is 12.0. The van der Waals surface area contributed by atoms with Gasteiger partial charge in [-0.05, 0) is 37.7 Å². The minimum Gasteiger partial charge on any atom is -0.341 e. The Bertz CT molecular complexity index is 548.